The topological polar surface area (TPSA) is 105 Å². The number of methoxy groups -OCH3 is 1. The fourth-order valence-corrected chi connectivity index (χ4v) is 4.01. The first-order valence-corrected chi connectivity index (χ1v) is 9.96. The van der Waals surface area contributed by atoms with Gasteiger partial charge in [-0.15, -0.1) is 0 Å². The molecule has 0 atom stereocenters. The van der Waals surface area contributed by atoms with Crippen molar-refractivity contribution < 1.29 is 23.9 Å². The summed E-state index contributed by atoms with van der Waals surface area (Å²) in [6, 6.07) is 6.15. The molecule has 1 spiro atoms. The summed E-state index contributed by atoms with van der Waals surface area (Å²) in [6.07, 6.45) is 4.14. The Morgan fingerprint density at radius 2 is 1.86 bits per heavy atom. The minimum Gasteiger partial charge on any atom is -0.465 e. The van der Waals surface area contributed by atoms with Gasteiger partial charge in [0.15, 0.2) is 0 Å². The molecule has 1 saturated carbocycles. The molecule has 1 aliphatic carbocycles. The highest BCUT2D eigenvalue weighted by Gasteiger charge is 2.52. The van der Waals surface area contributed by atoms with Crippen LogP contribution in [0.5, 0.6) is 0 Å². The monoisotopic (exact) mass is 401 g/mol. The molecule has 8 nitrogen and oxygen atoms in total. The number of imide groups is 1. The van der Waals surface area contributed by atoms with Gasteiger partial charge < -0.3 is 15.4 Å². The van der Waals surface area contributed by atoms with Crippen LogP contribution in [0.15, 0.2) is 24.3 Å². The highest BCUT2D eigenvalue weighted by Crippen LogP contribution is 2.37. The number of carbonyl (C=O) groups excluding carboxylic acids is 4. The van der Waals surface area contributed by atoms with Gasteiger partial charge in [0, 0.05) is 6.54 Å². The van der Waals surface area contributed by atoms with Crippen molar-refractivity contribution in [2.75, 3.05) is 13.7 Å². The van der Waals surface area contributed by atoms with E-state index in [2.05, 4.69) is 22.3 Å². The van der Waals surface area contributed by atoms with E-state index in [-0.39, 0.29) is 19.0 Å². The number of amides is 4. The third-order valence-corrected chi connectivity index (χ3v) is 5.95. The molecular weight excluding hydrogens is 374 g/mol. The van der Waals surface area contributed by atoms with Gasteiger partial charge in [-0.2, -0.15) is 0 Å². The zero-order valence-electron chi connectivity index (χ0n) is 16.8. The molecule has 2 N–H and O–H groups in total. The van der Waals surface area contributed by atoms with Gasteiger partial charge >= 0.3 is 12.0 Å². The van der Waals surface area contributed by atoms with Crippen molar-refractivity contribution in [3.05, 3.63) is 35.4 Å². The zero-order valence-corrected chi connectivity index (χ0v) is 16.8. The number of rotatable bonds is 6. The van der Waals surface area contributed by atoms with Crippen LogP contribution >= 0.6 is 0 Å². The number of ether oxygens (including phenoxy) is 1. The minimum atomic E-state index is -0.841. The van der Waals surface area contributed by atoms with E-state index in [4.69, 9.17) is 0 Å². The van der Waals surface area contributed by atoms with Gasteiger partial charge in [-0.1, -0.05) is 25.5 Å². The second-order valence-corrected chi connectivity index (χ2v) is 7.72. The minimum absolute atomic E-state index is 0.229. The lowest BCUT2D eigenvalue weighted by molar-refractivity contribution is -0.136. The van der Waals surface area contributed by atoms with E-state index in [1.807, 2.05) is 0 Å². The summed E-state index contributed by atoms with van der Waals surface area (Å²) in [7, 11) is 1.31. The lowest BCUT2D eigenvalue weighted by Crippen LogP contribution is -2.50. The summed E-state index contributed by atoms with van der Waals surface area (Å²) in [5.41, 5.74) is 0.370. The van der Waals surface area contributed by atoms with Crippen LogP contribution in [0.3, 0.4) is 0 Å². The predicted molar refractivity (Wildman–Crippen MR) is 105 cm³/mol. The largest absolute Gasteiger partial charge is 0.465 e. The zero-order chi connectivity index (χ0) is 21.0. The maximum Gasteiger partial charge on any atom is 0.337 e. The number of carbonyl (C=O) groups is 4. The quantitative estimate of drug-likeness (QED) is 0.560. The van der Waals surface area contributed by atoms with Crippen LogP contribution in [-0.4, -0.2) is 47.9 Å². The third-order valence-electron chi connectivity index (χ3n) is 5.95. The smallest absolute Gasteiger partial charge is 0.337 e. The molecule has 8 heteroatoms. The number of nitrogens with zero attached hydrogens (tertiary/aromatic N) is 1. The van der Waals surface area contributed by atoms with E-state index in [9.17, 15) is 19.2 Å². The number of urea groups is 1. The van der Waals surface area contributed by atoms with Crippen LogP contribution < -0.4 is 10.6 Å². The molecule has 29 heavy (non-hydrogen) atoms. The van der Waals surface area contributed by atoms with Crippen LogP contribution in [0, 0.1) is 5.92 Å². The molecule has 0 aromatic heterocycles. The fraction of sp³-hybridized carbons (Fsp3) is 0.524. The average molecular weight is 401 g/mol. The van der Waals surface area contributed by atoms with E-state index < -0.39 is 23.4 Å². The Morgan fingerprint density at radius 1 is 1.21 bits per heavy atom. The highest BCUT2D eigenvalue weighted by molar-refractivity contribution is 6.09. The summed E-state index contributed by atoms with van der Waals surface area (Å²) >= 11 is 0. The standard InChI is InChI=1S/C21H27N3O5/c1-3-14-8-10-21(11-9-14)19(27)24(20(28)23-21)13-17(25)22-12-15-4-6-16(7-5-15)18(26)29-2/h4-7,14H,3,8-13H2,1-2H3,(H,22,25)(H,23,28). The number of benzene rings is 1. The lowest BCUT2D eigenvalue weighted by Gasteiger charge is -2.34. The number of hydrogen-bond acceptors (Lipinski definition) is 5. The summed E-state index contributed by atoms with van der Waals surface area (Å²) in [6.45, 7) is 2.06. The second-order valence-electron chi connectivity index (χ2n) is 7.72. The van der Waals surface area contributed by atoms with E-state index in [1.54, 1.807) is 24.3 Å². The summed E-state index contributed by atoms with van der Waals surface area (Å²) in [5.74, 6) is -0.547. The van der Waals surface area contributed by atoms with Crippen LogP contribution in [0.4, 0.5) is 4.79 Å². The Labute approximate surface area is 170 Å². The van der Waals surface area contributed by atoms with Crippen molar-refractivity contribution in [2.45, 2.75) is 51.1 Å². The Balaban J connectivity index is 1.53. The summed E-state index contributed by atoms with van der Waals surface area (Å²) < 4.78 is 4.64. The predicted octanol–water partition coefficient (Wildman–Crippen LogP) is 1.98. The van der Waals surface area contributed by atoms with Gasteiger partial charge in [-0.3, -0.25) is 14.5 Å². The maximum absolute atomic E-state index is 12.8. The molecule has 1 saturated heterocycles. The Bertz CT molecular complexity index is 797. The number of nitrogens with one attached hydrogen (secondary N) is 2. The van der Waals surface area contributed by atoms with Gasteiger partial charge in [0.2, 0.25) is 5.91 Å². The van der Waals surface area contributed by atoms with Gasteiger partial charge in [0.05, 0.1) is 12.7 Å². The lowest BCUT2D eigenvalue weighted by atomic mass is 9.75. The van der Waals surface area contributed by atoms with Crippen molar-refractivity contribution >= 4 is 23.8 Å². The molecule has 1 heterocycles. The maximum atomic E-state index is 12.8. The molecule has 0 bridgehead atoms. The molecule has 4 amide bonds. The Morgan fingerprint density at radius 3 is 2.45 bits per heavy atom. The third kappa shape index (κ3) is 4.41. The van der Waals surface area contributed by atoms with Crippen LogP contribution in [-0.2, 0) is 20.9 Å². The van der Waals surface area contributed by atoms with Crippen LogP contribution in [0.2, 0.25) is 0 Å². The fourth-order valence-electron chi connectivity index (χ4n) is 4.01. The van der Waals surface area contributed by atoms with Crippen LogP contribution in [0.25, 0.3) is 0 Å². The van der Waals surface area contributed by atoms with Crippen molar-refractivity contribution in [2.24, 2.45) is 5.92 Å². The van der Waals surface area contributed by atoms with Gasteiger partial charge in [-0.05, 0) is 49.3 Å². The molecule has 2 fully saturated rings. The molecule has 156 valence electrons. The first-order valence-electron chi connectivity index (χ1n) is 9.96. The van der Waals surface area contributed by atoms with E-state index in [0.29, 0.717) is 24.3 Å². The number of hydrogen-bond donors (Lipinski definition) is 2. The average Bonchev–Trinajstić information content (AvgIpc) is 2.96. The molecule has 0 radical (unpaired) electrons. The molecule has 1 aromatic carbocycles. The van der Waals surface area contributed by atoms with E-state index in [1.165, 1.54) is 7.11 Å². The number of esters is 1. The highest BCUT2D eigenvalue weighted by atomic mass is 16.5. The Kier molecular flexibility index (Phi) is 6.20. The summed E-state index contributed by atoms with van der Waals surface area (Å²) in [5, 5.41) is 5.54. The van der Waals surface area contributed by atoms with Gasteiger partial charge in [0.25, 0.3) is 5.91 Å². The summed E-state index contributed by atoms with van der Waals surface area (Å²) in [4.78, 5) is 49.9. The van der Waals surface area contributed by atoms with Crippen molar-refractivity contribution in [3.63, 3.8) is 0 Å². The molecule has 2 aliphatic rings. The van der Waals surface area contributed by atoms with Crippen molar-refractivity contribution in [1.29, 1.82) is 0 Å². The van der Waals surface area contributed by atoms with Crippen molar-refractivity contribution in [1.82, 2.24) is 15.5 Å². The molecule has 1 aromatic rings. The first kappa shape index (κ1) is 20.8. The van der Waals surface area contributed by atoms with E-state index in [0.717, 1.165) is 29.7 Å². The van der Waals surface area contributed by atoms with Crippen LogP contribution in [0.1, 0.15) is 54.9 Å². The van der Waals surface area contributed by atoms with Crippen molar-refractivity contribution in [3.8, 4) is 0 Å². The van der Waals surface area contributed by atoms with Gasteiger partial charge in [0.1, 0.15) is 12.1 Å². The Hall–Kier alpha value is -2.90. The normalized spacial score (nSPS) is 23.8. The van der Waals surface area contributed by atoms with Gasteiger partial charge in [-0.25, -0.2) is 9.59 Å². The molecule has 0 unspecified atom stereocenters. The first-order chi connectivity index (χ1) is 13.9. The van der Waals surface area contributed by atoms with E-state index >= 15 is 0 Å². The molecule has 1 aliphatic heterocycles. The second kappa shape index (κ2) is 8.63. The molecular formula is C21H27N3O5. The SMILES string of the molecule is CCC1CCC2(CC1)NC(=O)N(CC(=O)NCc1ccc(C(=O)OC)cc1)C2=O. The molecule has 3 rings (SSSR count).